The van der Waals surface area contributed by atoms with Crippen LogP contribution < -0.4 is 5.32 Å². The second-order valence-corrected chi connectivity index (χ2v) is 2.06. The van der Waals surface area contributed by atoms with Crippen molar-refractivity contribution in [3.63, 3.8) is 0 Å². The maximum atomic E-state index is 12.1. The Morgan fingerprint density at radius 3 is 2.58 bits per heavy atom. The number of nitrogens with zero attached hydrogens (tertiary/aromatic N) is 1. The molecule has 0 spiro atoms. The third-order valence-electron chi connectivity index (χ3n) is 1.26. The van der Waals surface area contributed by atoms with Crippen LogP contribution in [0.2, 0.25) is 0 Å². The smallest absolute Gasteiger partial charge is 0.373 e. The third kappa shape index (κ3) is 1.66. The molecule has 0 aliphatic carbocycles. The van der Waals surface area contributed by atoms with Crippen molar-refractivity contribution >= 4 is 5.82 Å². The van der Waals surface area contributed by atoms with E-state index in [1.165, 1.54) is 13.2 Å². The van der Waals surface area contributed by atoms with E-state index in [0.29, 0.717) is 0 Å². The Morgan fingerprint density at radius 1 is 1.50 bits per heavy atom. The summed E-state index contributed by atoms with van der Waals surface area (Å²) >= 11 is 0. The highest BCUT2D eigenvalue weighted by atomic mass is 19.4. The number of pyridine rings is 1. The Labute approximate surface area is 67.4 Å². The number of hydrogen-bond donors (Lipinski definition) is 1. The topological polar surface area (TPSA) is 24.9 Å². The summed E-state index contributed by atoms with van der Waals surface area (Å²) in [6, 6.07) is 3.21. The van der Waals surface area contributed by atoms with Crippen LogP contribution in [0.1, 0.15) is 5.56 Å². The first-order valence-electron chi connectivity index (χ1n) is 3.17. The fourth-order valence-corrected chi connectivity index (χ4v) is 0.771. The van der Waals surface area contributed by atoms with Gasteiger partial charge in [0.05, 0.1) is 0 Å². The van der Waals surface area contributed by atoms with Gasteiger partial charge in [0.15, 0.2) is 0 Å². The molecule has 0 bridgehead atoms. The van der Waals surface area contributed by atoms with Gasteiger partial charge in [0.1, 0.15) is 11.4 Å². The molecule has 0 fully saturated rings. The summed E-state index contributed by atoms with van der Waals surface area (Å²) in [6.07, 6.45) is -3.15. The van der Waals surface area contributed by atoms with Crippen LogP contribution in [-0.2, 0) is 6.18 Å². The molecule has 0 unspecified atom stereocenters. The predicted molar refractivity (Wildman–Crippen MR) is 37.6 cm³/mol. The molecular weight excluding hydrogens is 169 g/mol. The lowest BCUT2D eigenvalue weighted by atomic mass is 10.2. The van der Waals surface area contributed by atoms with E-state index < -0.39 is 11.7 Å². The normalized spacial score (nSPS) is 11.3. The molecule has 1 rings (SSSR count). The molecule has 65 valence electrons. The predicted octanol–water partition coefficient (Wildman–Crippen LogP) is 1.94. The van der Waals surface area contributed by atoms with Gasteiger partial charge in [-0.25, -0.2) is 4.98 Å². The van der Waals surface area contributed by atoms with Crippen molar-refractivity contribution in [1.82, 2.24) is 4.98 Å². The zero-order valence-electron chi connectivity index (χ0n) is 6.24. The SMILES string of the molecule is CNc1ncc[c]c1C(F)(F)F. The first kappa shape index (κ1) is 8.83. The summed E-state index contributed by atoms with van der Waals surface area (Å²) in [6.45, 7) is 0. The van der Waals surface area contributed by atoms with E-state index in [9.17, 15) is 13.2 Å². The molecule has 0 saturated heterocycles. The summed E-state index contributed by atoms with van der Waals surface area (Å²) in [7, 11) is 1.38. The highest BCUT2D eigenvalue weighted by Gasteiger charge is 2.33. The number of halogens is 3. The quantitative estimate of drug-likeness (QED) is 0.705. The maximum Gasteiger partial charge on any atom is 0.420 e. The summed E-state index contributed by atoms with van der Waals surface area (Å²) in [5, 5.41) is 2.34. The molecule has 0 aromatic carbocycles. The van der Waals surface area contributed by atoms with Crippen molar-refractivity contribution in [3.05, 3.63) is 23.9 Å². The van der Waals surface area contributed by atoms with E-state index in [-0.39, 0.29) is 5.82 Å². The van der Waals surface area contributed by atoms with Gasteiger partial charge in [0.25, 0.3) is 0 Å². The van der Waals surface area contributed by atoms with Crippen LogP contribution in [-0.4, -0.2) is 12.0 Å². The minimum atomic E-state index is -4.40. The van der Waals surface area contributed by atoms with Gasteiger partial charge < -0.3 is 5.32 Å². The van der Waals surface area contributed by atoms with Gasteiger partial charge >= 0.3 is 6.18 Å². The maximum absolute atomic E-state index is 12.1. The zero-order valence-corrected chi connectivity index (χ0v) is 6.24. The Bertz CT molecular complexity index is 270. The van der Waals surface area contributed by atoms with Crippen LogP contribution in [0.5, 0.6) is 0 Å². The van der Waals surface area contributed by atoms with Crippen LogP contribution >= 0.6 is 0 Å². The minimum Gasteiger partial charge on any atom is -0.373 e. The van der Waals surface area contributed by atoms with Crippen LogP contribution in [0, 0.1) is 6.07 Å². The average molecular weight is 175 g/mol. The average Bonchev–Trinajstić information content (AvgIpc) is 2.03. The Hall–Kier alpha value is -1.26. The lowest BCUT2D eigenvalue weighted by Crippen LogP contribution is -2.10. The molecule has 1 aromatic rings. The van der Waals surface area contributed by atoms with Crippen molar-refractivity contribution in [3.8, 4) is 0 Å². The van der Waals surface area contributed by atoms with Gasteiger partial charge in [-0.1, -0.05) is 0 Å². The second-order valence-electron chi connectivity index (χ2n) is 2.06. The van der Waals surface area contributed by atoms with Crippen LogP contribution in [0.4, 0.5) is 19.0 Å². The fraction of sp³-hybridized carbons (Fsp3) is 0.286. The standard InChI is InChI=1S/C7H6F3N2/c1-11-6-5(7(8,9)10)3-2-4-12-6/h2,4H,1H3,(H,11,12). The van der Waals surface area contributed by atoms with E-state index in [1.807, 2.05) is 0 Å². The molecule has 12 heavy (non-hydrogen) atoms. The van der Waals surface area contributed by atoms with Gasteiger partial charge in [-0.2, -0.15) is 13.2 Å². The molecule has 0 aliphatic heterocycles. The van der Waals surface area contributed by atoms with Gasteiger partial charge in [0, 0.05) is 13.2 Å². The third-order valence-corrected chi connectivity index (χ3v) is 1.26. The monoisotopic (exact) mass is 175 g/mol. The van der Waals surface area contributed by atoms with E-state index >= 15 is 0 Å². The fourth-order valence-electron chi connectivity index (χ4n) is 0.771. The lowest BCUT2D eigenvalue weighted by molar-refractivity contribution is -0.137. The minimum absolute atomic E-state index is 0.204. The molecule has 5 heteroatoms. The Balaban J connectivity index is 3.14. The Morgan fingerprint density at radius 2 is 2.17 bits per heavy atom. The van der Waals surface area contributed by atoms with Crippen LogP contribution in [0.15, 0.2) is 12.3 Å². The summed E-state index contributed by atoms with van der Waals surface area (Å²) < 4.78 is 36.4. The molecule has 0 aliphatic rings. The largest absolute Gasteiger partial charge is 0.420 e. The van der Waals surface area contributed by atoms with Gasteiger partial charge in [-0.3, -0.25) is 0 Å². The van der Waals surface area contributed by atoms with Crippen molar-refractivity contribution in [2.75, 3.05) is 12.4 Å². The molecule has 2 nitrogen and oxygen atoms in total. The number of anilines is 1. The van der Waals surface area contributed by atoms with Crippen molar-refractivity contribution in [2.24, 2.45) is 0 Å². The highest BCUT2D eigenvalue weighted by molar-refractivity contribution is 5.43. The zero-order chi connectivity index (χ0) is 9.19. The molecule has 0 atom stereocenters. The number of rotatable bonds is 1. The molecule has 0 saturated carbocycles. The first-order chi connectivity index (χ1) is 5.55. The van der Waals surface area contributed by atoms with Gasteiger partial charge in [0.2, 0.25) is 0 Å². The van der Waals surface area contributed by atoms with Crippen molar-refractivity contribution < 1.29 is 13.2 Å². The molecule has 1 radical (unpaired) electrons. The molecule has 0 amide bonds. The Kier molecular flexibility index (Phi) is 2.21. The van der Waals surface area contributed by atoms with E-state index in [2.05, 4.69) is 16.4 Å². The summed E-state index contributed by atoms with van der Waals surface area (Å²) in [4.78, 5) is 3.50. The van der Waals surface area contributed by atoms with E-state index in [1.54, 1.807) is 0 Å². The molecular formula is C7H6F3N2. The summed E-state index contributed by atoms with van der Waals surface area (Å²) in [5.41, 5.74) is -0.868. The van der Waals surface area contributed by atoms with E-state index in [0.717, 1.165) is 6.07 Å². The highest BCUT2D eigenvalue weighted by Crippen LogP contribution is 2.32. The first-order valence-corrected chi connectivity index (χ1v) is 3.17. The number of aromatic nitrogens is 1. The number of alkyl halides is 3. The number of nitrogens with one attached hydrogen (secondary N) is 1. The van der Waals surface area contributed by atoms with Gasteiger partial charge in [-0.05, 0) is 12.1 Å². The number of hydrogen-bond acceptors (Lipinski definition) is 2. The van der Waals surface area contributed by atoms with Crippen molar-refractivity contribution in [2.45, 2.75) is 6.18 Å². The van der Waals surface area contributed by atoms with Gasteiger partial charge in [-0.15, -0.1) is 0 Å². The van der Waals surface area contributed by atoms with Crippen LogP contribution in [0.25, 0.3) is 0 Å². The molecule has 1 heterocycles. The lowest BCUT2D eigenvalue weighted by Gasteiger charge is -2.09. The molecule has 1 N–H and O–H groups in total. The molecule has 1 aromatic heterocycles. The summed E-state index contributed by atoms with van der Waals surface area (Å²) in [5.74, 6) is -0.204. The van der Waals surface area contributed by atoms with E-state index in [4.69, 9.17) is 0 Å². The van der Waals surface area contributed by atoms with Crippen LogP contribution in [0.3, 0.4) is 0 Å². The van der Waals surface area contributed by atoms with Crippen molar-refractivity contribution in [1.29, 1.82) is 0 Å². The second kappa shape index (κ2) is 3.00.